The first-order chi connectivity index (χ1) is 3.33. The maximum atomic E-state index is 10.4. The van der Waals surface area contributed by atoms with Crippen molar-refractivity contribution in [2.24, 2.45) is 0 Å². The van der Waals surface area contributed by atoms with Crippen molar-refractivity contribution >= 4 is 0 Å². The largest absolute Gasteiger partial charge is 0.235 e. The molecule has 0 bridgehead atoms. The van der Waals surface area contributed by atoms with E-state index in [-0.39, 0.29) is 0 Å². The van der Waals surface area contributed by atoms with E-state index in [9.17, 15) is 4.39 Å². The summed E-state index contributed by atoms with van der Waals surface area (Å²) in [5.41, 5.74) is 0. The SMILES string of the molecule is CC#N.N#CCF. The number of hydrogen-bond acceptors (Lipinski definition) is 2. The van der Waals surface area contributed by atoms with E-state index >= 15 is 0 Å². The summed E-state index contributed by atoms with van der Waals surface area (Å²) in [4.78, 5) is 0. The second kappa shape index (κ2) is 20.6. The summed E-state index contributed by atoms with van der Waals surface area (Å²) in [6.07, 6.45) is 0. The molecule has 0 atom stereocenters. The zero-order valence-corrected chi connectivity index (χ0v) is 3.98. The maximum Gasteiger partial charge on any atom is 0.176 e. The Bertz CT molecular complexity index is 86.8. The summed E-state index contributed by atoms with van der Waals surface area (Å²) < 4.78 is 10.4. The molecule has 0 radical (unpaired) electrons. The minimum absolute atomic E-state index is 0.875. The molecule has 0 aliphatic heterocycles. The van der Waals surface area contributed by atoms with Crippen LogP contribution in [0.2, 0.25) is 0 Å². The number of nitrogens with zero attached hydrogens (tertiary/aromatic N) is 2. The zero-order chi connectivity index (χ0) is 6.12. The highest BCUT2D eigenvalue weighted by Crippen LogP contribution is 1.50. The lowest BCUT2D eigenvalue weighted by Gasteiger charge is -1.44. The van der Waals surface area contributed by atoms with Crippen molar-refractivity contribution in [2.75, 3.05) is 6.67 Å². The molecule has 0 saturated heterocycles. The lowest BCUT2D eigenvalue weighted by atomic mass is 10.9. The van der Waals surface area contributed by atoms with Crippen LogP contribution in [0, 0.1) is 22.7 Å². The van der Waals surface area contributed by atoms with Crippen LogP contribution in [0.15, 0.2) is 0 Å². The van der Waals surface area contributed by atoms with E-state index in [1.54, 1.807) is 6.07 Å². The van der Waals surface area contributed by atoms with Gasteiger partial charge < -0.3 is 0 Å². The second-order valence-electron chi connectivity index (χ2n) is 0.515. The van der Waals surface area contributed by atoms with Crippen molar-refractivity contribution in [3.05, 3.63) is 0 Å². The molecule has 0 aromatic rings. The predicted molar refractivity (Wildman–Crippen MR) is 22.9 cm³/mol. The Morgan fingerprint density at radius 3 is 1.71 bits per heavy atom. The minimum Gasteiger partial charge on any atom is -0.235 e. The summed E-state index contributed by atoms with van der Waals surface area (Å²) in [6, 6.07) is 3.01. The molecule has 0 aliphatic rings. The lowest BCUT2D eigenvalue weighted by molar-refractivity contribution is 0.569. The summed E-state index contributed by atoms with van der Waals surface area (Å²) in [7, 11) is 0. The quantitative estimate of drug-likeness (QED) is 0.456. The van der Waals surface area contributed by atoms with E-state index in [0.29, 0.717) is 0 Å². The van der Waals surface area contributed by atoms with Crippen LogP contribution in [-0.4, -0.2) is 6.67 Å². The van der Waals surface area contributed by atoms with Gasteiger partial charge in [0.05, 0.1) is 12.1 Å². The highest BCUT2D eigenvalue weighted by molar-refractivity contribution is 4.63. The van der Waals surface area contributed by atoms with Crippen LogP contribution in [0.1, 0.15) is 6.92 Å². The van der Waals surface area contributed by atoms with Gasteiger partial charge in [-0.15, -0.1) is 0 Å². The van der Waals surface area contributed by atoms with Gasteiger partial charge in [-0.25, -0.2) is 4.39 Å². The number of hydrogen-bond donors (Lipinski definition) is 0. The molecule has 0 amide bonds. The molecule has 0 aromatic heterocycles. The first-order valence-corrected chi connectivity index (χ1v) is 1.57. The summed E-state index contributed by atoms with van der Waals surface area (Å²) in [6.45, 7) is 0.556. The van der Waals surface area contributed by atoms with Gasteiger partial charge in [-0.1, -0.05) is 0 Å². The van der Waals surface area contributed by atoms with Gasteiger partial charge in [0.15, 0.2) is 6.67 Å². The Kier molecular flexibility index (Phi) is 27.4. The van der Waals surface area contributed by atoms with Crippen LogP contribution in [0.3, 0.4) is 0 Å². The van der Waals surface area contributed by atoms with Crippen LogP contribution in [0.25, 0.3) is 0 Å². The number of alkyl halides is 1. The normalized spacial score (nSPS) is 4.00. The molecule has 7 heavy (non-hydrogen) atoms. The van der Waals surface area contributed by atoms with E-state index in [1.807, 2.05) is 0 Å². The first-order valence-electron chi connectivity index (χ1n) is 1.57. The third kappa shape index (κ3) is 5130. The Labute approximate surface area is 41.8 Å². The van der Waals surface area contributed by atoms with Crippen molar-refractivity contribution in [1.82, 2.24) is 0 Å². The molecule has 0 aromatic carbocycles. The molecule has 0 heterocycles. The smallest absolute Gasteiger partial charge is 0.176 e. The standard InChI is InChI=1S/C2H2FN.C2H3N/c3-1-2-4;1-2-3/h1H2;1H3. The molecule has 0 spiro atoms. The Hall–Kier alpha value is -1.09. The lowest BCUT2D eigenvalue weighted by Crippen LogP contribution is -1.50. The summed E-state index contributed by atoms with van der Waals surface area (Å²) >= 11 is 0. The van der Waals surface area contributed by atoms with E-state index in [1.165, 1.54) is 13.0 Å². The van der Waals surface area contributed by atoms with Crippen molar-refractivity contribution < 1.29 is 4.39 Å². The molecular weight excluding hydrogens is 95.1 g/mol. The molecule has 2 nitrogen and oxygen atoms in total. The van der Waals surface area contributed by atoms with Crippen molar-refractivity contribution in [3.8, 4) is 12.1 Å². The fourth-order valence-electron chi connectivity index (χ4n) is 0. The van der Waals surface area contributed by atoms with Gasteiger partial charge in [-0.3, -0.25) is 0 Å². The molecule has 0 rings (SSSR count). The van der Waals surface area contributed by atoms with Crippen LogP contribution >= 0.6 is 0 Å². The van der Waals surface area contributed by atoms with Crippen LogP contribution in [0.4, 0.5) is 4.39 Å². The van der Waals surface area contributed by atoms with Crippen molar-refractivity contribution in [2.45, 2.75) is 6.92 Å². The Morgan fingerprint density at radius 2 is 1.71 bits per heavy atom. The van der Waals surface area contributed by atoms with Crippen molar-refractivity contribution in [3.63, 3.8) is 0 Å². The highest BCUT2D eigenvalue weighted by Gasteiger charge is 1.54. The maximum absolute atomic E-state index is 10.4. The van der Waals surface area contributed by atoms with E-state index in [2.05, 4.69) is 0 Å². The van der Waals surface area contributed by atoms with E-state index < -0.39 is 6.67 Å². The topological polar surface area (TPSA) is 47.6 Å². The number of nitriles is 2. The fourth-order valence-corrected chi connectivity index (χ4v) is 0. The summed E-state index contributed by atoms with van der Waals surface area (Å²) in [5.74, 6) is 0. The average molecular weight is 100 g/mol. The predicted octanol–water partition coefficient (Wildman–Crippen LogP) is 1.01. The average Bonchev–Trinajstić information content (AvgIpc) is 1.69. The van der Waals surface area contributed by atoms with Crippen LogP contribution < -0.4 is 0 Å². The molecule has 0 aliphatic carbocycles. The molecule has 0 saturated carbocycles. The van der Waals surface area contributed by atoms with Crippen molar-refractivity contribution in [1.29, 1.82) is 10.5 Å². The van der Waals surface area contributed by atoms with Gasteiger partial charge in [-0.05, 0) is 0 Å². The minimum atomic E-state index is -0.875. The fraction of sp³-hybridized carbons (Fsp3) is 0.500. The number of halogens is 1. The highest BCUT2D eigenvalue weighted by atomic mass is 19.1. The monoisotopic (exact) mass is 100 g/mol. The van der Waals surface area contributed by atoms with Gasteiger partial charge in [0.25, 0.3) is 0 Å². The molecule has 0 fully saturated rings. The first kappa shape index (κ1) is 9.32. The third-order valence-corrected chi connectivity index (χ3v) is 0.0598. The van der Waals surface area contributed by atoms with Gasteiger partial charge in [-0.2, -0.15) is 10.5 Å². The van der Waals surface area contributed by atoms with E-state index in [0.717, 1.165) is 0 Å². The van der Waals surface area contributed by atoms with Gasteiger partial charge in [0.2, 0.25) is 0 Å². The molecular formula is C4H5FN2. The zero-order valence-electron chi connectivity index (χ0n) is 3.98. The van der Waals surface area contributed by atoms with Gasteiger partial charge in [0.1, 0.15) is 0 Å². The third-order valence-electron chi connectivity index (χ3n) is 0.0598. The van der Waals surface area contributed by atoms with Gasteiger partial charge in [0, 0.05) is 6.92 Å². The summed E-state index contributed by atoms with van der Waals surface area (Å²) in [5, 5.41) is 14.6. The van der Waals surface area contributed by atoms with Gasteiger partial charge >= 0.3 is 0 Å². The van der Waals surface area contributed by atoms with E-state index in [4.69, 9.17) is 10.5 Å². The molecule has 38 valence electrons. The van der Waals surface area contributed by atoms with Crippen LogP contribution in [0.5, 0.6) is 0 Å². The molecule has 0 N–H and O–H groups in total. The number of rotatable bonds is 0. The molecule has 0 unspecified atom stereocenters. The molecule has 3 heteroatoms. The van der Waals surface area contributed by atoms with Crippen LogP contribution in [-0.2, 0) is 0 Å². The Morgan fingerprint density at radius 1 is 1.57 bits per heavy atom. The Balaban J connectivity index is 0. The second-order valence-corrected chi connectivity index (χ2v) is 0.515.